The van der Waals surface area contributed by atoms with Crippen molar-refractivity contribution in [2.75, 3.05) is 7.11 Å². The minimum absolute atomic E-state index is 0.535. The van der Waals surface area contributed by atoms with E-state index in [0.717, 1.165) is 37.9 Å². The molecule has 0 bridgehead atoms. The predicted octanol–water partition coefficient (Wildman–Crippen LogP) is 8.42. The lowest BCUT2D eigenvalue weighted by atomic mass is 9.63. The van der Waals surface area contributed by atoms with Crippen LogP contribution in [0.1, 0.15) is 51.0 Å². The molecule has 0 spiro atoms. The summed E-state index contributed by atoms with van der Waals surface area (Å²) in [5.74, 6) is 3.29. The van der Waals surface area contributed by atoms with E-state index < -0.39 is 0 Å². The van der Waals surface area contributed by atoms with Gasteiger partial charge in [-0.1, -0.05) is 104 Å². The van der Waals surface area contributed by atoms with Crippen LogP contribution < -0.4 is 15.2 Å². The highest BCUT2D eigenvalue weighted by Crippen LogP contribution is 2.46. The van der Waals surface area contributed by atoms with Gasteiger partial charge in [-0.3, -0.25) is 0 Å². The molecule has 0 amide bonds. The Labute approximate surface area is 245 Å². The number of fused-ring (bicyclic) bond motifs is 2. The van der Waals surface area contributed by atoms with Gasteiger partial charge >= 0.3 is 0 Å². The standard InChI is InChI=1S/C40H40O/c1-27-35(15-7-16-36(27)38-17-8-18-39-37-14-4-3-9-29(37)23-24-40(38)39)30-21-19-28(20-22-30)31-10-5-11-32(25-31)33-12-6-13-34(26-33)41-2/h3-4,6-9,11-16,18-19,21,23,25-27,36,38,40H,5,10,17,20,22,24H2,1-2H3. The molecule has 1 nitrogen and oxygen atoms in total. The van der Waals surface area contributed by atoms with Gasteiger partial charge in [0, 0.05) is 0 Å². The highest BCUT2D eigenvalue weighted by Gasteiger charge is 2.37. The maximum Gasteiger partial charge on any atom is 0.119 e. The normalized spacial score (nSPS) is 26.9. The largest absolute Gasteiger partial charge is 0.497 e. The van der Waals surface area contributed by atoms with Crippen LogP contribution in [0.3, 0.4) is 0 Å². The van der Waals surface area contributed by atoms with Gasteiger partial charge in [0.25, 0.3) is 0 Å². The van der Waals surface area contributed by atoms with Crippen molar-refractivity contribution < 1.29 is 4.74 Å². The van der Waals surface area contributed by atoms with Crippen LogP contribution in [-0.2, 0) is 0 Å². The van der Waals surface area contributed by atoms with Crippen molar-refractivity contribution in [3.63, 3.8) is 0 Å². The zero-order valence-electron chi connectivity index (χ0n) is 24.4. The number of hydrogen-bond donors (Lipinski definition) is 0. The van der Waals surface area contributed by atoms with Crippen LogP contribution in [0.15, 0.2) is 126 Å². The highest BCUT2D eigenvalue weighted by atomic mass is 16.5. The molecule has 0 heterocycles. The first-order valence-electron chi connectivity index (χ1n) is 15.5. The van der Waals surface area contributed by atoms with E-state index >= 15 is 0 Å². The summed E-state index contributed by atoms with van der Waals surface area (Å²) in [4.78, 5) is 0. The Hall–Kier alpha value is -3.84. The number of allylic oxidation sites excluding steroid dienone is 14. The van der Waals surface area contributed by atoms with E-state index in [9.17, 15) is 0 Å². The summed E-state index contributed by atoms with van der Waals surface area (Å²) in [5, 5.41) is 2.85. The third-order valence-electron chi connectivity index (χ3n) is 10.1. The van der Waals surface area contributed by atoms with Gasteiger partial charge in [-0.05, 0) is 124 Å². The first kappa shape index (κ1) is 26.1. The Morgan fingerprint density at radius 1 is 0.829 bits per heavy atom. The molecule has 0 saturated carbocycles. The summed E-state index contributed by atoms with van der Waals surface area (Å²) < 4.78 is 5.47. The monoisotopic (exact) mass is 536 g/mol. The molecule has 0 aliphatic heterocycles. The van der Waals surface area contributed by atoms with Crippen molar-refractivity contribution in [3.05, 3.63) is 142 Å². The number of rotatable bonds is 5. The van der Waals surface area contributed by atoms with Gasteiger partial charge in [0.15, 0.2) is 0 Å². The van der Waals surface area contributed by atoms with Gasteiger partial charge < -0.3 is 4.74 Å². The van der Waals surface area contributed by atoms with Gasteiger partial charge in [-0.25, -0.2) is 0 Å². The molecular formula is C40H40O. The highest BCUT2D eigenvalue weighted by molar-refractivity contribution is 5.77. The SMILES string of the molecule is COc1cccc(C2=CCCC(C3=CC=C(C4=CC=CC(C5CC=CC6=c7ccccc7=CCC65)C4C)CC3)=C2)c1. The quantitative estimate of drug-likeness (QED) is 0.373. The maximum absolute atomic E-state index is 5.47. The van der Waals surface area contributed by atoms with Crippen LogP contribution in [-0.4, -0.2) is 7.11 Å². The molecule has 5 aliphatic rings. The van der Waals surface area contributed by atoms with Gasteiger partial charge in [-0.15, -0.1) is 0 Å². The number of hydrogen-bond acceptors (Lipinski definition) is 1. The van der Waals surface area contributed by atoms with Gasteiger partial charge in [0.05, 0.1) is 7.11 Å². The summed E-state index contributed by atoms with van der Waals surface area (Å²) in [7, 11) is 1.74. The molecule has 7 rings (SSSR count). The Bertz CT molecular complexity index is 1700. The molecule has 0 saturated heterocycles. The second kappa shape index (κ2) is 11.2. The Morgan fingerprint density at radius 3 is 2.59 bits per heavy atom. The number of benzene rings is 2. The van der Waals surface area contributed by atoms with Crippen molar-refractivity contribution in [1.82, 2.24) is 0 Å². The molecule has 2 aromatic carbocycles. The van der Waals surface area contributed by atoms with Gasteiger partial charge in [0.2, 0.25) is 0 Å². The molecule has 5 aliphatic carbocycles. The van der Waals surface area contributed by atoms with Gasteiger partial charge in [0.1, 0.15) is 5.75 Å². The molecule has 0 N–H and O–H groups in total. The van der Waals surface area contributed by atoms with Crippen LogP contribution in [0.2, 0.25) is 0 Å². The predicted molar refractivity (Wildman–Crippen MR) is 172 cm³/mol. The van der Waals surface area contributed by atoms with E-state index in [2.05, 4.69) is 110 Å². The molecule has 0 radical (unpaired) electrons. The Balaban J connectivity index is 1.11. The van der Waals surface area contributed by atoms with Crippen LogP contribution in [0.5, 0.6) is 5.75 Å². The van der Waals surface area contributed by atoms with E-state index in [-0.39, 0.29) is 0 Å². The summed E-state index contributed by atoms with van der Waals surface area (Å²) in [6.45, 7) is 2.48. The van der Waals surface area contributed by atoms with E-state index in [1.807, 2.05) is 6.07 Å². The average molecular weight is 537 g/mol. The summed E-state index contributed by atoms with van der Waals surface area (Å²) in [5.41, 5.74) is 10.2. The lowest BCUT2D eigenvalue weighted by Crippen LogP contribution is -2.38. The molecule has 1 heteroatoms. The molecule has 0 aromatic heterocycles. The first-order valence-corrected chi connectivity index (χ1v) is 15.5. The Morgan fingerprint density at radius 2 is 1.71 bits per heavy atom. The fourth-order valence-electron chi connectivity index (χ4n) is 7.91. The minimum atomic E-state index is 0.535. The second-order valence-electron chi connectivity index (χ2n) is 12.2. The van der Waals surface area contributed by atoms with E-state index in [4.69, 9.17) is 4.74 Å². The average Bonchev–Trinajstić information content (AvgIpc) is 3.05. The first-order chi connectivity index (χ1) is 20.2. The smallest absolute Gasteiger partial charge is 0.119 e. The molecule has 2 aromatic rings. The fraction of sp³-hybridized carbons (Fsp3) is 0.300. The van der Waals surface area contributed by atoms with Gasteiger partial charge in [-0.2, -0.15) is 0 Å². The fourth-order valence-corrected chi connectivity index (χ4v) is 7.91. The third kappa shape index (κ3) is 4.97. The summed E-state index contributed by atoms with van der Waals surface area (Å²) in [6, 6.07) is 17.4. The number of ether oxygens (including phenoxy) is 1. The van der Waals surface area contributed by atoms with E-state index in [1.54, 1.807) is 18.3 Å². The molecule has 0 fully saturated rings. The molecular weight excluding hydrogens is 496 g/mol. The minimum Gasteiger partial charge on any atom is -0.497 e. The summed E-state index contributed by atoms with van der Waals surface area (Å²) in [6.07, 6.45) is 31.1. The Kier molecular flexibility index (Phi) is 7.13. The van der Waals surface area contributed by atoms with Crippen molar-refractivity contribution >= 4 is 17.2 Å². The summed E-state index contributed by atoms with van der Waals surface area (Å²) >= 11 is 0. The topological polar surface area (TPSA) is 9.23 Å². The molecule has 206 valence electrons. The second-order valence-corrected chi connectivity index (χ2v) is 12.2. The molecule has 4 atom stereocenters. The van der Waals surface area contributed by atoms with Crippen LogP contribution in [0, 0.1) is 23.7 Å². The maximum atomic E-state index is 5.47. The third-order valence-corrected chi connectivity index (χ3v) is 10.1. The van der Waals surface area contributed by atoms with Crippen LogP contribution >= 0.6 is 0 Å². The lowest BCUT2D eigenvalue weighted by Gasteiger charge is -2.41. The van der Waals surface area contributed by atoms with Crippen molar-refractivity contribution in [1.29, 1.82) is 0 Å². The number of methoxy groups -OCH3 is 1. The van der Waals surface area contributed by atoms with E-state index in [0.29, 0.717) is 23.7 Å². The molecule has 41 heavy (non-hydrogen) atoms. The van der Waals surface area contributed by atoms with Crippen molar-refractivity contribution in [2.24, 2.45) is 23.7 Å². The van der Waals surface area contributed by atoms with Crippen LogP contribution in [0.25, 0.3) is 17.2 Å². The van der Waals surface area contributed by atoms with Crippen molar-refractivity contribution in [2.45, 2.75) is 45.4 Å². The molecule has 4 unspecified atom stereocenters. The van der Waals surface area contributed by atoms with Crippen molar-refractivity contribution in [3.8, 4) is 5.75 Å². The zero-order chi connectivity index (χ0) is 27.8. The van der Waals surface area contributed by atoms with Crippen LogP contribution in [0.4, 0.5) is 0 Å². The zero-order valence-corrected chi connectivity index (χ0v) is 24.4. The van der Waals surface area contributed by atoms with E-state index in [1.165, 1.54) is 44.7 Å². The lowest BCUT2D eigenvalue weighted by molar-refractivity contribution is 0.262.